The Kier molecular flexibility index (Phi) is 20.6. The second kappa shape index (κ2) is 17.0. The van der Waals surface area contributed by atoms with Crippen molar-refractivity contribution < 1.29 is 178 Å². The first kappa shape index (κ1) is 38.8. The Hall–Kier alpha value is -0.480. The number of carboxylic acid groups (broad SMARTS) is 4. The van der Waals surface area contributed by atoms with Crippen molar-refractivity contribution in [3.63, 3.8) is 0 Å². The van der Waals surface area contributed by atoms with Crippen LogP contribution in [0, 0.1) is 0 Å². The number of carboxylic acids is 4. The van der Waals surface area contributed by atoms with Crippen LogP contribution in [0.4, 0.5) is 0 Å². The molecule has 16 heteroatoms. The predicted molar refractivity (Wildman–Crippen MR) is 78.5 cm³/mol. The fourth-order valence-electron chi connectivity index (χ4n) is 1.79. The quantitative estimate of drug-likeness (QED) is 0.296. The van der Waals surface area contributed by atoms with Crippen molar-refractivity contribution in [3.8, 4) is 23.0 Å². The normalized spacial score (nSPS) is 8.50. The standard InChI is InChI=1S/2C8H6O6.4Na/c2*9-5-1-3(7(11)12)6(10)2-4(5)8(13)14;;;;/h2*1-2,9-10H,(H,11,12)(H,13,14);;;;/q;;4*+1/p-4. The maximum absolute atomic E-state index is 11.0. The van der Waals surface area contributed by atoms with Gasteiger partial charge in [-0.05, 0) is 0 Å². The summed E-state index contributed by atoms with van der Waals surface area (Å²) >= 11 is 0. The van der Waals surface area contributed by atoms with E-state index in [9.17, 15) is 39.6 Å². The van der Waals surface area contributed by atoms with E-state index in [0.717, 1.165) is 0 Å². The molecule has 2 aromatic rings. The van der Waals surface area contributed by atoms with Gasteiger partial charge in [0.2, 0.25) is 0 Å². The van der Waals surface area contributed by atoms with E-state index in [1.54, 1.807) is 0 Å². The van der Waals surface area contributed by atoms with Crippen LogP contribution in [-0.2, 0) is 0 Å². The van der Waals surface area contributed by atoms with Crippen LogP contribution >= 0.6 is 0 Å². The average molecular weight is 484 g/mol. The molecular formula is C16H8Na4O12. The molecule has 0 saturated carbocycles. The van der Waals surface area contributed by atoms with Crippen molar-refractivity contribution >= 4 is 23.9 Å². The number of hydrogen-bond donors (Lipinski definition) is 4. The second-order valence-corrected chi connectivity index (χ2v) is 4.91. The molecule has 0 unspecified atom stereocenters. The molecular weight excluding hydrogens is 476 g/mol. The maximum atomic E-state index is 11.0. The van der Waals surface area contributed by atoms with Crippen LogP contribution in [0.5, 0.6) is 23.0 Å². The van der Waals surface area contributed by atoms with Gasteiger partial charge < -0.3 is 40.9 Å². The van der Waals surface area contributed by atoms with Crippen LogP contribution in [-0.4, -0.2) is 44.3 Å². The molecule has 4 N–H and O–H groups in total. The first-order valence-corrected chi connectivity index (χ1v) is 6.84. The number of rotatable bonds is 4. The number of carbonyl (C=O) groups is 4. The van der Waals surface area contributed by atoms with Gasteiger partial charge in [0.25, 0.3) is 0 Å². The molecule has 0 saturated heterocycles. The van der Waals surface area contributed by atoms with Crippen LogP contribution in [0.2, 0.25) is 0 Å². The molecule has 148 valence electrons. The van der Waals surface area contributed by atoms with E-state index < -0.39 is 69.1 Å². The molecule has 2 rings (SSSR count). The summed E-state index contributed by atoms with van der Waals surface area (Å²) in [4.78, 5) is 41.5. The predicted octanol–water partition coefficient (Wildman–Crippen LogP) is -13.5. The molecule has 0 aliphatic heterocycles. The zero-order valence-electron chi connectivity index (χ0n) is 17.4. The number of benzene rings is 2. The van der Waals surface area contributed by atoms with Crippen LogP contribution in [0.15, 0.2) is 24.3 Å². The van der Waals surface area contributed by atoms with Crippen molar-refractivity contribution in [2.45, 2.75) is 0 Å². The van der Waals surface area contributed by atoms with Gasteiger partial charge in [0.05, 0.1) is 22.3 Å². The summed E-state index contributed by atoms with van der Waals surface area (Å²) in [6, 6.07) is 2.03. The summed E-state index contributed by atoms with van der Waals surface area (Å²) in [5, 5.41) is 77.6. The number of hydrogen-bond acceptors (Lipinski definition) is 8. The van der Waals surface area contributed by atoms with E-state index in [-0.39, 0.29) is 118 Å². The van der Waals surface area contributed by atoms with Gasteiger partial charge in [-0.1, -0.05) is 47.3 Å². The van der Waals surface area contributed by atoms with Crippen molar-refractivity contribution in [3.05, 3.63) is 46.5 Å². The van der Waals surface area contributed by atoms with Gasteiger partial charge in [0, 0.05) is 0 Å². The van der Waals surface area contributed by atoms with E-state index >= 15 is 0 Å². The summed E-state index contributed by atoms with van der Waals surface area (Å²) in [7, 11) is 0. The van der Waals surface area contributed by atoms with Crippen molar-refractivity contribution in [1.82, 2.24) is 0 Å². The zero-order valence-corrected chi connectivity index (χ0v) is 25.4. The third-order valence-electron chi connectivity index (χ3n) is 3.09. The Balaban J connectivity index is -0.000000218. The Morgan fingerprint density at radius 3 is 0.656 bits per heavy atom. The van der Waals surface area contributed by atoms with Crippen LogP contribution in [0.3, 0.4) is 0 Å². The van der Waals surface area contributed by atoms with Gasteiger partial charge in [-0.2, -0.15) is 0 Å². The molecule has 32 heavy (non-hydrogen) atoms. The van der Waals surface area contributed by atoms with Gasteiger partial charge in [-0.25, -0.2) is 19.2 Å². The summed E-state index contributed by atoms with van der Waals surface area (Å²) in [6.07, 6.45) is 0. The Morgan fingerprint density at radius 1 is 0.438 bits per heavy atom. The van der Waals surface area contributed by atoms with Crippen LogP contribution < -0.4 is 139 Å². The van der Waals surface area contributed by atoms with Gasteiger partial charge >= 0.3 is 142 Å². The Labute approximate surface area is 268 Å². The smallest absolute Gasteiger partial charge is 0.872 e. The van der Waals surface area contributed by atoms with Gasteiger partial charge in [-0.3, -0.25) is 0 Å². The van der Waals surface area contributed by atoms with E-state index in [0.29, 0.717) is 24.3 Å². The minimum atomic E-state index is -1.55. The van der Waals surface area contributed by atoms with E-state index in [4.69, 9.17) is 20.4 Å². The van der Waals surface area contributed by atoms with E-state index in [1.165, 1.54) is 0 Å². The van der Waals surface area contributed by atoms with Crippen LogP contribution in [0.1, 0.15) is 41.4 Å². The Morgan fingerprint density at radius 2 is 0.562 bits per heavy atom. The SMILES string of the molecule is O=C(O)c1cc([O-])c(C(=O)O)cc1[O-].O=C(O)c1cc([O-])c(C(=O)O)cc1[O-].[Na+].[Na+].[Na+].[Na+]. The molecule has 0 amide bonds. The zero-order chi connectivity index (χ0) is 21.8. The summed E-state index contributed by atoms with van der Waals surface area (Å²) in [5.74, 6) is -10.2. The molecule has 0 radical (unpaired) electrons. The largest absolute Gasteiger partial charge is 1.00 e. The monoisotopic (exact) mass is 484 g/mol. The minimum absolute atomic E-state index is 0. The van der Waals surface area contributed by atoms with Gasteiger partial charge in [-0.15, -0.1) is 0 Å². The van der Waals surface area contributed by atoms with Crippen molar-refractivity contribution in [1.29, 1.82) is 0 Å². The van der Waals surface area contributed by atoms with Gasteiger partial charge in [0.1, 0.15) is 0 Å². The third-order valence-corrected chi connectivity index (χ3v) is 3.09. The molecule has 0 aromatic heterocycles. The maximum Gasteiger partial charge on any atom is 1.00 e. The first-order valence-electron chi connectivity index (χ1n) is 6.84. The first-order chi connectivity index (χ1) is 12.9. The van der Waals surface area contributed by atoms with Crippen molar-refractivity contribution in [2.75, 3.05) is 0 Å². The molecule has 12 nitrogen and oxygen atoms in total. The molecule has 2 aromatic carbocycles. The molecule has 0 aliphatic rings. The molecule has 0 fully saturated rings. The fraction of sp³-hybridized carbons (Fsp3) is 0. The average Bonchev–Trinajstić information content (AvgIpc) is 2.57. The molecule has 0 atom stereocenters. The third kappa shape index (κ3) is 10.6. The molecule has 0 bridgehead atoms. The topological polar surface area (TPSA) is 241 Å². The summed E-state index contributed by atoms with van der Waals surface area (Å²) in [5.41, 5.74) is -2.89. The molecule has 0 heterocycles. The van der Waals surface area contributed by atoms with E-state index in [1.807, 2.05) is 0 Å². The minimum Gasteiger partial charge on any atom is -0.872 e. The Bertz CT molecular complexity index is 834. The summed E-state index contributed by atoms with van der Waals surface area (Å²) < 4.78 is 0. The number of aromatic carboxylic acids is 4. The summed E-state index contributed by atoms with van der Waals surface area (Å²) in [6.45, 7) is 0. The molecule has 0 spiro atoms. The van der Waals surface area contributed by atoms with Crippen molar-refractivity contribution in [2.24, 2.45) is 0 Å². The second-order valence-electron chi connectivity index (χ2n) is 4.91. The van der Waals surface area contributed by atoms with Crippen LogP contribution in [0.25, 0.3) is 0 Å². The van der Waals surface area contributed by atoms with E-state index in [2.05, 4.69) is 0 Å². The molecule has 0 aliphatic carbocycles. The van der Waals surface area contributed by atoms with Gasteiger partial charge in [0.15, 0.2) is 0 Å². The fourth-order valence-corrected chi connectivity index (χ4v) is 1.79.